The van der Waals surface area contributed by atoms with E-state index in [9.17, 15) is 4.79 Å². The maximum absolute atomic E-state index is 10.9. The number of piperidine rings is 1. The molecule has 12 heavy (non-hydrogen) atoms. The number of morpholine rings is 1. The van der Waals surface area contributed by atoms with Crippen LogP contribution in [0.15, 0.2) is 0 Å². The number of fused-ring (bicyclic) bond motifs is 1. The van der Waals surface area contributed by atoms with Gasteiger partial charge in [0.2, 0.25) is 5.91 Å². The van der Waals surface area contributed by atoms with Crippen molar-refractivity contribution < 1.29 is 9.53 Å². The van der Waals surface area contributed by atoms with Crippen molar-refractivity contribution in [3.63, 3.8) is 0 Å². The Labute approximate surface area is 71.4 Å². The number of carbonyl (C=O) groups excluding carboxylic acids is 1. The summed E-state index contributed by atoms with van der Waals surface area (Å²) in [5, 5.41) is 6.10. The van der Waals surface area contributed by atoms with Gasteiger partial charge in [-0.15, -0.1) is 0 Å². The highest BCUT2D eigenvalue weighted by molar-refractivity contribution is 5.78. The van der Waals surface area contributed by atoms with E-state index < -0.39 is 0 Å². The zero-order valence-electron chi connectivity index (χ0n) is 7.01. The van der Waals surface area contributed by atoms with Crippen LogP contribution in [0.3, 0.4) is 0 Å². The highest BCUT2D eigenvalue weighted by Crippen LogP contribution is 2.11. The van der Waals surface area contributed by atoms with E-state index in [-0.39, 0.29) is 30.8 Å². The molecule has 0 aliphatic carbocycles. The average molecular weight is 173 g/mol. The monoisotopic (exact) mass is 173 g/mol. The molecule has 0 bridgehead atoms. The van der Waals surface area contributed by atoms with E-state index >= 15 is 0 Å². The molecule has 5 nitrogen and oxygen atoms in total. The van der Waals surface area contributed by atoms with E-state index in [0.717, 1.165) is 19.5 Å². The molecular formula is C7H15N3O2. The summed E-state index contributed by atoms with van der Waals surface area (Å²) >= 11 is 0. The summed E-state index contributed by atoms with van der Waals surface area (Å²) in [6, 6.07) is 0.199. The van der Waals surface area contributed by atoms with Gasteiger partial charge in [-0.2, -0.15) is 0 Å². The van der Waals surface area contributed by atoms with Crippen molar-refractivity contribution in [1.82, 2.24) is 16.8 Å². The van der Waals surface area contributed by atoms with Crippen LogP contribution in [0, 0.1) is 0 Å². The molecule has 5 heteroatoms. The second-order valence-electron chi connectivity index (χ2n) is 3.02. The first kappa shape index (κ1) is 9.44. The summed E-state index contributed by atoms with van der Waals surface area (Å²) in [6.07, 6.45) is 1.25. The van der Waals surface area contributed by atoms with Crippen molar-refractivity contribution in [3.8, 4) is 0 Å². The van der Waals surface area contributed by atoms with Crippen molar-refractivity contribution in [2.45, 2.75) is 18.6 Å². The van der Waals surface area contributed by atoms with Crippen LogP contribution in [-0.2, 0) is 9.53 Å². The number of nitrogens with one attached hydrogen (secondary N) is 2. The Balaban J connectivity index is 0.000000720. The number of carbonyl (C=O) groups is 1. The molecule has 0 aromatic carbocycles. The molecule has 5 N–H and O–H groups in total. The standard InChI is InChI=1S/C7H12N2O2.H3N/c10-7-4-11-6-1-2-8-3-5(6)9-7;/h5-6,8H,1-4H2,(H,9,10);1H3. The molecule has 2 aliphatic rings. The predicted molar refractivity (Wildman–Crippen MR) is 44.2 cm³/mol. The Morgan fingerprint density at radius 3 is 3.17 bits per heavy atom. The zero-order valence-corrected chi connectivity index (χ0v) is 7.01. The molecule has 70 valence electrons. The van der Waals surface area contributed by atoms with E-state index in [2.05, 4.69) is 10.6 Å². The summed E-state index contributed by atoms with van der Waals surface area (Å²) in [5.74, 6) is 0.00921. The van der Waals surface area contributed by atoms with Crippen molar-refractivity contribution in [2.75, 3.05) is 19.7 Å². The van der Waals surface area contributed by atoms with Gasteiger partial charge in [-0.1, -0.05) is 0 Å². The van der Waals surface area contributed by atoms with Crippen molar-refractivity contribution in [3.05, 3.63) is 0 Å². The van der Waals surface area contributed by atoms with Gasteiger partial charge in [0.1, 0.15) is 6.61 Å². The molecule has 0 saturated carbocycles. The summed E-state index contributed by atoms with van der Waals surface area (Å²) in [5.41, 5.74) is 0. The van der Waals surface area contributed by atoms with Gasteiger partial charge >= 0.3 is 0 Å². The molecule has 0 spiro atoms. The fourth-order valence-corrected chi connectivity index (χ4v) is 1.61. The quantitative estimate of drug-likeness (QED) is 0.440. The largest absolute Gasteiger partial charge is 0.366 e. The Bertz CT molecular complexity index is 174. The van der Waals surface area contributed by atoms with Crippen LogP contribution in [0.1, 0.15) is 6.42 Å². The fourth-order valence-electron chi connectivity index (χ4n) is 1.61. The minimum absolute atomic E-state index is 0. The lowest BCUT2D eigenvalue weighted by atomic mass is 10.0. The lowest BCUT2D eigenvalue weighted by Crippen LogP contribution is -2.59. The van der Waals surface area contributed by atoms with E-state index in [1.807, 2.05) is 0 Å². The van der Waals surface area contributed by atoms with Gasteiger partial charge in [0.15, 0.2) is 0 Å². The summed E-state index contributed by atoms with van der Waals surface area (Å²) in [6.45, 7) is 2.08. The molecule has 2 fully saturated rings. The maximum Gasteiger partial charge on any atom is 0.246 e. The van der Waals surface area contributed by atoms with Gasteiger partial charge < -0.3 is 21.5 Å². The number of hydrogen-bond acceptors (Lipinski definition) is 4. The molecule has 2 saturated heterocycles. The molecule has 0 aromatic rings. The lowest BCUT2D eigenvalue weighted by Gasteiger charge is -2.35. The summed E-state index contributed by atoms with van der Waals surface area (Å²) in [7, 11) is 0. The van der Waals surface area contributed by atoms with E-state index in [0.29, 0.717) is 0 Å². The van der Waals surface area contributed by atoms with Crippen LogP contribution in [0.2, 0.25) is 0 Å². The Kier molecular flexibility index (Phi) is 3.02. The average Bonchev–Trinajstić information content (AvgIpc) is 2.04. The molecule has 1 amide bonds. The minimum atomic E-state index is 0. The maximum atomic E-state index is 10.9. The van der Waals surface area contributed by atoms with E-state index in [1.165, 1.54) is 0 Å². The third kappa shape index (κ3) is 1.74. The minimum Gasteiger partial charge on any atom is -0.366 e. The normalized spacial score (nSPS) is 34.5. The van der Waals surface area contributed by atoms with Gasteiger partial charge in [0.05, 0.1) is 12.1 Å². The second-order valence-corrected chi connectivity index (χ2v) is 3.02. The van der Waals surface area contributed by atoms with Crippen molar-refractivity contribution >= 4 is 5.91 Å². The number of rotatable bonds is 0. The van der Waals surface area contributed by atoms with E-state index in [4.69, 9.17) is 4.74 Å². The molecular weight excluding hydrogens is 158 g/mol. The van der Waals surface area contributed by atoms with Crippen LogP contribution in [0.4, 0.5) is 0 Å². The molecule has 2 rings (SSSR count). The summed E-state index contributed by atoms with van der Waals surface area (Å²) < 4.78 is 5.34. The highest BCUT2D eigenvalue weighted by atomic mass is 16.5. The highest BCUT2D eigenvalue weighted by Gasteiger charge is 2.31. The Hall–Kier alpha value is -0.650. The van der Waals surface area contributed by atoms with Crippen LogP contribution in [-0.4, -0.2) is 37.7 Å². The van der Waals surface area contributed by atoms with Crippen molar-refractivity contribution in [2.24, 2.45) is 0 Å². The number of amides is 1. The Morgan fingerprint density at radius 2 is 2.33 bits per heavy atom. The number of hydrogen-bond donors (Lipinski definition) is 3. The topological polar surface area (TPSA) is 85.4 Å². The second kappa shape index (κ2) is 3.84. The van der Waals surface area contributed by atoms with Crippen LogP contribution >= 0.6 is 0 Å². The van der Waals surface area contributed by atoms with Gasteiger partial charge in [0.25, 0.3) is 0 Å². The van der Waals surface area contributed by atoms with Crippen LogP contribution in [0.25, 0.3) is 0 Å². The first-order valence-electron chi connectivity index (χ1n) is 3.98. The fraction of sp³-hybridized carbons (Fsp3) is 0.857. The molecule has 2 heterocycles. The third-order valence-corrected chi connectivity index (χ3v) is 2.19. The first-order valence-corrected chi connectivity index (χ1v) is 3.98. The SMILES string of the molecule is N.O=C1COC2CCNCC2N1. The van der Waals surface area contributed by atoms with Gasteiger partial charge in [-0.3, -0.25) is 4.79 Å². The molecule has 2 aliphatic heterocycles. The predicted octanol–water partition coefficient (Wildman–Crippen LogP) is -0.975. The lowest BCUT2D eigenvalue weighted by molar-refractivity contribution is -0.138. The van der Waals surface area contributed by atoms with Crippen LogP contribution in [0.5, 0.6) is 0 Å². The van der Waals surface area contributed by atoms with Gasteiger partial charge in [-0.25, -0.2) is 0 Å². The number of ether oxygens (including phenoxy) is 1. The summed E-state index contributed by atoms with van der Waals surface area (Å²) in [4.78, 5) is 10.9. The first-order chi connectivity index (χ1) is 5.36. The van der Waals surface area contributed by atoms with Crippen molar-refractivity contribution in [1.29, 1.82) is 0 Å². The molecule has 0 radical (unpaired) electrons. The van der Waals surface area contributed by atoms with Crippen LogP contribution < -0.4 is 16.8 Å². The van der Waals surface area contributed by atoms with Gasteiger partial charge in [0, 0.05) is 6.54 Å². The zero-order chi connectivity index (χ0) is 7.68. The smallest absolute Gasteiger partial charge is 0.246 e. The Morgan fingerprint density at radius 1 is 1.50 bits per heavy atom. The van der Waals surface area contributed by atoms with Gasteiger partial charge in [-0.05, 0) is 13.0 Å². The molecule has 2 atom stereocenters. The molecule has 2 unspecified atom stereocenters. The molecule has 0 aromatic heterocycles. The van der Waals surface area contributed by atoms with E-state index in [1.54, 1.807) is 0 Å². The third-order valence-electron chi connectivity index (χ3n) is 2.19.